The van der Waals surface area contributed by atoms with Crippen LogP contribution < -0.4 is 20.9 Å². The number of anilines is 2. The summed E-state index contributed by atoms with van der Waals surface area (Å²) in [5.41, 5.74) is 2.22. The lowest BCUT2D eigenvalue weighted by Crippen LogP contribution is -2.34. The number of halogens is 1. The topological polar surface area (TPSA) is 122 Å². The molecule has 1 aliphatic rings. The molecule has 0 unspecified atom stereocenters. The Hall–Kier alpha value is -3.41. The van der Waals surface area contributed by atoms with Gasteiger partial charge in [-0.1, -0.05) is 11.6 Å². The maximum atomic E-state index is 13.0. The zero-order valence-corrected chi connectivity index (χ0v) is 19.2. The van der Waals surface area contributed by atoms with Gasteiger partial charge in [0.15, 0.2) is 0 Å². The number of nitrogens with one attached hydrogen (secondary N) is 3. The van der Waals surface area contributed by atoms with Crippen LogP contribution in [0.2, 0.25) is 4.34 Å². The minimum atomic E-state index is -4.04. The number of pyridine rings is 2. The van der Waals surface area contributed by atoms with Crippen molar-refractivity contribution in [1.29, 1.82) is 0 Å². The molecular weight excluding hydrogens is 486 g/mol. The summed E-state index contributed by atoms with van der Waals surface area (Å²) >= 11 is 6.59. The second kappa shape index (κ2) is 8.18. The molecule has 3 N–H and O–H groups in total. The van der Waals surface area contributed by atoms with E-state index in [2.05, 4.69) is 15.6 Å². The molecule has 3 aromatic heterocycles. The van der Waals surface area contributed by atoms with Gasteiger partial charge in [0.25, 0.3) is 15.6 Å². The highest BCUT2D eigenvalue weighted by molar-refractivity contribution is 7.92. The fourth-order valence-corrected chi connectivity index (χ4v) is 5.98. The van der Waals surface area contributed by atoms with Crippen LogP contribution in [0.5, 0.6) is 0 Å². The van der Waals surface area contributed by atoms with Crippen molar-refractivity contribution in [3.8, 4) is 5.82 Å². The van der Waals surface area contributed by atoms with Crippen LogP contribution in [-0.2, 0) is 16.4 Å². The van der Waals surface area contributed by atoms with E-state index in [-0.39, 0.29) is 15.5 Å². The van der Waals surface area contributed by atoms with Crippen LogP contribution in [0.25, 0.3) is 16.6 Å². The van der Waals surface area contributed by atoms with Crippen molar-refractivity contribution in [3.63, 3.8) is 0 Å². The molecule has 5 rings (SSSR count). The maximum Gasteiger partial charge on any atom is 0.333 e. The van der Waals surface area contributed by atoms with Gasteiger partial charge in [-0.3, -0.25) is 9.36 Å². The summed E-state index contributed by atoms with van der Waals surface area (Å²) in [6.07, 6.45) is 3.86. The molecule has 2 amide bonds. The van der Waals surface area contributed by atoms with Crippen molar-refractivity contribution in [2.45, 2.75) is 10.6 Å². The first-order valence-corrected chi connectivity index (χ1v) is 12.5. The molecule has 0 saturated heterocycles. The minimum Gasteiger partial charge on any atom is -0.384 e. The Balaban J connectivity index is 1.35. The number of carbonyl (C=O) groups is 1. The Morgan fingerprint density at radius 1 is 1.18 bits per heavy atom. The second-order valence-electron chi connectivity index (χ2n) is 7.29. The highest BCUT2D eigenvalue weighted by Crippen LogP contribution is 2.27. The van der Waals surface area contributed by atoms with E-state index in [1.54, 1.807) is 12.3 Å². The summed E-state index contributed by atoms with van der Waals surface area (Å²) in [6, 6.07) is 10.6. The third-order valence-corrected chi connectivity index (χ3v) is 8.18. The number of carbonyl (C=O) groups excluding carboxylic acids is 1. The molecule has 0 radical (unpaired) electrons. The summed E-state index contributed by atoms with van der Waals surface area (Å²) in [7, 11) is -4.04. The van der Waals surface area contributed by atoms with Crippen LogP contribution in [0.15, 0.2) is 63.9 Å². The molecule has 0 spiro atoms. The Morgan fingerprint density at radius 2 is 2.03 bits per heavy atom. The normalized spacial score (nSPS) is 12.9. The standard InChI is InChI=1S/C21H16ClN5O4S2/c22-17-2-4-19(32-17)33(30,31)26-21(29)25-14-1-3-18(24-11-14)27-8-6-12-10-16-13(5-7-23-16)9-15(12)20(27)28/h1-4,6,8-11,23H,5,7H2,(H2,25,26,29). The fourth-order valence-electron chi connectivity index (χ4n) is 3.59. The van der Waals surface area contributed by atoms with Crippen molar-refractivity contribution >= 4 is 61.1 Å². The molecule has 0 atom stereocenters. The largest absolute Gasteiger partial charge is 0.384 e. The number of hydrogen-bond donors (Lipinski definition) is 3. The Bertz CT molecular complexity index is 1560. The average Bonchev–Trinajstić information content (AvgIpc) is 3.42. The SMILES string of the molecule is O=C(Nc1ccc(-n2ccc3cc4c(cc3c2=O)CCN4)nc1)NS(=O)(=O)c1ccc(Cl)s1. The number of sulfonamides is 1. The molecule has 1 aromatic carbocycles. The van der Waals surface area contributed by atoms with Gasteiger partial charge in [-0.2, -0.15) is 0 Å². The number of rotatable bonds is 4. The molecule has 12 heteroatoms. The van der Waals surface area contributed by atoms with Crippen LogP contribution >= 0.6 is 22.9 Å². The lowest BCUT2D eigenvalue weighted by atomic mass is 10.1. The van der Waals surface area contributed by atoms with Gasteiger partial charge in [0.05, 0.1) is 16.2 Å². The van der Waals surface area contributed by atoms with E-state index in [4.69, 9.17) is 11.6 Å². The summed E-state index contributed by atoms with van der Waals surface area (Å²) in [5, 5.41) is 7.15. The third-order valence-electron chi connectivity index (χ3n) is 5.13. The van der Waals surface area contributed by atoms with Gasteiger partial charge in [0, 0.05) is 23.8 Å². The average molecular weight is 502 g/mol. The smallest absolute Gasteiger partial charge is 0.333 e. The van der Waals surface area contributed by atoms with E-state index < -0.39 is 16.1 Å². The highest BCUT2D eigenvalue weighted by Gasteiger charge is 2.20. The molecule has 1 aliphatic heterocycles. The first-order chi connectivity index (χ1) is 15.8. The van der Waals surface area contributed by atoms with Gasteiger partial charge in [0.2, 0.25) is 0 Å². The Morgan fingerprint density at radius 3 is 2.76 bits per heavy atom. The van der Waals surface area contributed by atoms with Crippen LogP contribution in [0.1, 0.15) is 5.56 Å². The molecule has 9 nitrogen and oxygen atoms in total. The van der Waals surface area contributed by atoms with Crippen LogP contribution in [0.4, 0.5) is 16.2 Å². The van der Waals surface area contributed by atoms with Crippen molar-refractivity contribution in [1.82, 2.24) is 14.3 Å². The van der Waals surface area contributed by atoms with Gasteiger partial charge in [0.1, 0.15) is 10.0 Å². The van der Waals surface area contributed by atoms with E-state index in [0.29, 0.717) is 15.5 Å². The fraction of sp³-hybridized carbons (Fsp3) is 0.0952. The predicted octanol–water partition coefficient (Wildman–Crippen LogP) is 3.58. The van der Waals surface area contributed by atoms with Crippen molar-refractivity contribution in [2.24, 2.45) is 0 Å². The van der Waals surface area contributed by atoms with E-state index in [9.17, 15) is 18.0 Å². The van der Waals surface area contributed by atoms with Gasteiger partial charge < -0.3 is 10.6 Å². The van der Waals surface area contributed by atoms with Crippen molar-refractivity contribution < 1.29 is 13.2 Å². The highest BCUT2D eigenvalue weighted by atomic mass is 35.5. The van der Waals surface area contributed by atoms with E-state index in [1.807, 2.05) is 22.9 Å². The number of amides is 2. The first kappa shape index (κ1) is 21.4. The molecule has 0 fully saturated rings. The molecule has 4 aromatic rings. The molecule has 4 heterocycles. The number of aromatic nitrogens is 2. The zero-order chi connectivity index (χ0) is 23.2. The third kappa shape index (κ3) is 4.17. The first-order valence-electron chi connectivity index (χ1n) is 9.78. The number of urea groups is 1. The summed E-state index contributed by atoms with van der Waals surface area (Å²) < 4.78 is 28.0. The summed E-state index contributed by atoms with van der Waals surface area (Å²) in [5.74, 6) is 0.368. The number of hydrogen-bond acceptors (Lipinski definition) is 7. The summed E-state index contributed by atoms with van der Waals surface area (Å²) in [4.78, 5) is 29.4. The van der Waals surface area contributed by atoms with E-state index in [0.717, 1.165) is 40.9 Å². The number of fused-ring (bicyclic) bond motifs is 2. The van der Waals surface area contributed by atoms with Crippen LogP contribution in [0.3, 0.4) is 0 Å². The Labute approximate surface area is 197 Å². The van der Waals surface area contributed by atoms with Gasteiger partial charge in [-0.05, 0) is 59.8 Å². The van der Waals surface area contributed by atoms with Gasteiger partial charge >= 0.3 is 6.03 Å². The van der Waals surface area contributed by atoms with Gasteiger partial charge in [-0.15, -0.1) is 11.3 Å². The van der Waals surface area contributed by atoms with Crippen molar-refractivity contribution in [3.05, 3.63) is 75.1 Å². The second-order valence-corrected chi connectivity index (χ2v) is 10.9. The predicted molar refractivity (Wildman–Crippen MR) is 128 cm³/mol. The molecule has 0 bridgehead atoms. The molecular formula is C21H16ClN5O4S2. The van der Waals surface area contributed by atoms with E-state index in [1.165, 1.54) is 29.0 Å². The molecule has 33 heavy (non-hydrogen) atoms. The number of thiophene rings is 1. The minimum absolute atomic E-state index is 0.0757. The monoisotopic (exact) mass is 501 g/mol. The van der Waals surface area contributed by atoms with Crippen molar-refractivity contribution in [2.75, 3.05) is 17.2 Å². The number of benzene rings is 1. The van der Waals surface area contributed by atoms with Crippen LogP contribution in [-0.4, -0.2) is 30.5 Å². The zero-order valence-electron chi connectivity index (χ0n) is 16.8. The lowest BCUT2D eigenvalue weighted by molar-refractivity contribution is 0.256. The van der Waals surface area contributed by atoms with E-state index >= 15 is 0 Å². The number of nitrogens with zero attached hydrogens (tertiary/aromatic N) is 2. The molecule has 168 valence electrons. The molecule has 0 aliphatic carbocycles. The summed E-state index contributed by atoms with van der Waals surface area (Å²) in [6.45, 7) is 0.853. The maximum absolute atomic E-state index is 13.0. The van der Waals surface area contributed by atoms with Gasteiger partial charge in [-0.25, -0.2) is 22.9 Å². The lowest BCUT2D eigenvalue weighted by Gasteiger charge is -2.10. The quantitative estimate of drug-likeness (QED) is 0.393. The van der Waals surface area contributed by atoms with Crippen LogP contribution in [0, 0.1) is 0 Å². The molecule has 0 saturated carbocycles. The Kier molecular flexibility index (Phi) is 5.31.